The van der Waals surface area contributed by atoms with E-state index in [0.717, 1.165) is 30.4 Å². The van der Waals surface area contributed by atoms with Gasteiger partial charge in [-0.05, 0) is 43.0 Å². The van der Waals surface area contributed by atoms with Gasteiger partial charge in [0.05, 0.1) is 6.04 Å². The largest absolute Gasteiger partial charge is 0.319 e. The van der Waals surface area contributed by atoms with Crippen molar-refractivity contribution in [2.45, 2.75) is 31.7 Å². The third-order valence-electron chi connectivity index (χ3n) is 4.33. The van der Waals surface area contributed by atoms with Gasteiger partial charge in [-0.25, -0.2) is 0 Å². The molecular formula is C16H21ClN4. The maximum Gasteiger partial charge on any atom is 0.149 e. The molecular weight excluding hydrogens is 284 g/mol. The number of halogens is 1. The molecule has 0 amide bonds. The van der Waals surface area contributed by atoms with Gasteiger partial charge in [-0.1, -0.05) is 30.7 Å². The summed E-state index contributed by atoms with van der Waals surface area (Å²) < 4.78 is 2.03. The molecule has 0 saturated carbocycles. The van der Waals surface area contributed by atoms with E-state index in [-0.39, 0.29) is 0 Å². The molecule has 3 rings (SSSR count). The Balaban J connectivity index is 1.73. The highest BCUT2D eigenvalue weighted by molar-refractivity contribution is 6.30. The van der Waals surface area contributed by atoms with Gasteiger partial charge in [-0.3, -0.25) is 4.90 Å². The molecule has 112 valence electrons. The van der Waals surface area contributed by atoms with Gasteiger partial charge in [-0.15, -0.1) is 10.2 Å². The fourth-order valence-corrected chi connectivity index (χ4v) is 3.40. The molecule has 2 aromatic rings. The third kappa shape index (κ3) is 3.11. The Hall–Kier alpha value is -1.39. The summed E-state index contributed by atoms with van der Waals surface area (Å²) >= 11 is 6.10. The summed E-state index contributed by atoms with van der Waals surface area (Å²) in [6, 6.07) is 8.57. The van der Waals surface area contributed by atoms with E-state index in [0.29, 0.717) is 12.0 Å². The van der Waals surface area contributed by atoms with Crippen LogP contribution in [0.5, 0.6) is 0 Å². The molecule has 2 atom stereocenters. The molecule has 0 radical (unpaired) electrons. The molecule has 1 aromatic carbocycles. The van der Waals surface area contributed by atoms with Crippen LogP contribution in [-0.4, -0.2) is 32.8 Å². The van der Waals surface area contributed by atoms with Crippen LogP contribution in [0.25, 0.3) is 0 Å². The average molecular weight is 305 g/mol. The van der Waals surface area contributed by atoms with E-state index in [1.165, 1.54) is 12.0 Å². The summed E-state index contributed by atoms with van der Waals surface area (Å²) in [4.78, 5) is 2.52. The topological polar surface area (TPSA) is 34.0 Å². The predicted octanol–water partition coefficient (Wildman–Crippen LogP) is 3.41. The Morgan fingerprint density at radius 3 is 3.00 bits per heavy atom. The summed E-state index contributed by atoms with van der Waals surface area (Å²) in [5, 5.41) is 9.12. The van der Waals surface area contributed by atoms with Gasteiger partial charge < -0.3 is 4.57 Å². The van der Waals surface area contributed by atoms with Crippen LogP contribution >= 0.6 is 11.6 Å². The van der Waals surface area contributed by atoms with Crippen molar-refractivity contribution in [1.29, 1.82) is 0 Å². The normalized spacial score (nSPS) is 20.8. The Bertz CT molecular complexity index is 610. The van der Waals surface area contributed by atoms with Crippen LogP contribution in [0.15, 0.2) is 30.6 Å². The minimum Gasteiger partial charge on any atom is -0.319 e. The van der Waals surface area contributed by atoms with Crippen LogP contribution in [0, 0.1) is 0 Å². The van der Waals surface area contributed by atoms with Crippen molar-refractivity contribution in [1.82, 2.24) is 19.7 Å². The van der Waals surface area contributed by atoms with E-state index in [1.54, 1.807) is 6.33 Å². The number of benzene rings is 1. The van der Waals surface area contributed by atoms with Crippen molar-refractivity contribution in [2.24, 2.45) is 7.05 Å². The van der Waals surface area contributed by atoms with E-state index in [9.17, 15) is 0 Å². The van der Waals surface area contributed by atoms with Gasteiger partial charge in [-0.2, -0.15) is 0 Å². The monoisotopic (exact) mass is 304 g/mol. The van der Waals surface area contributed by atoms with Gasteiger partial charge in [0, 0.05) is 18.6 Å². The van der Waals surface area contributed by atoms with Crippen LogP contribution in [0.2, 0.25) is 5.02 Å². The minimum absolute atomic E-state index is 0.388. The lowest BCUT2D eigenvalue weighted by Crippen LogP contribution is -2.29. The highest BCUT2D eigenvalue weighted by Crippen LogP contribution is 2.32. The second kappa shape index (κ2) is 6.16. The van der Waals surface area contributed by atoms with E-state index in [1.807, 2.05) is 23.7 Å². The van der Waals surface area contributed by atoms with Crippen molar-refractivity contribution < 1.29 is 0 Å². The zero-order valence-electron chi connectivity index (χ0n) is 12.5. The molecule has 0 spiro atoms. The number of rotatable bonds is 4. The Kier molecular flexibility index (Phi) is 4.27. The molecule has 2 heterocycles. The fourth-order valence-electron chi connectivity index (χ4n) is 3.20. The number of aryl methyl sites for hydroxylation is 1. The summed E-state index contributed by atoms with van der Waals surface area (Å²) in [6.07, 6.45) is 4.17. The first-order valence-corrected chi connectivity index (χ1v) is 7.86. The molecule has 4 nitrogen and oxygen atoms in total. The van der Waals surface area contributed by atoms with Gasteiger partial charge in [0.2, 0.25) is 0 Å². The molecule has 1 aromatic heterocycles. The fraction of sp³-hybridized carbons (Fsp3) is 0.500. The summed E-state index contributed by atoms with van der Waals surface area (Å²) in [7, 11) is 2.02. The van der Waals surface area contributed by atoms with Crippen LogP contribution in [0.4, 0.5) is 0 Å². The molecule has 1 fully saturated rings. The molecule has 5 heteroatoms. The highest BCUT2D eigenvalue weighted by Gasteiger charge is 2.30. The van der Waals surface area contributed by atoms with Crippen molar-refractivity contribution in [2.75, 3.05) is 13.1 Å². The first-order valence-electron chi connectivity index (χ1n) is 7.48. The smallest absolute Gasteiger partial charge is 0.149 e. The molecule has 2 unspecified atom stereocenters. The number of aromatic nitrogens is 3. The molecule has 0 N–H and O–H groups in total. The lowest BCUT2D eigenvalue weighted by molar-refractivity contribution is 0.233. The summed E-state index contributed by atoms with van der Waals surface area (Å²) in [5.41, 5.74) is 1.30. The van der Waals surface area contributed by atoms with Crippen molar-refractivity contribution in [3.05, 3.63) is 47.0 Å². The first kappa shape index (κ1) is 14.5. The lowest BCUT2D eigenvalue weighted by atomic mass is 10.0. The second-order valence-electron chi connectivity index (χ2n) is 5.91. The van der Waals surface area contributed by atoms with E-state index in [2.05, 4.69) is 34.2 Å². The number of hydrogen-bond acceptors (Lipinski definition) is 3. The van der Waals surface area contributed by atoms with Crippen molar-refractivity contribution in [3.63, 3.8) is 0 Å². The molecule has 21 heavy (non-hydrogen) atoms. The lowest BCUT2D eigenvalue weighted by Gasteiger charge is -2.27. The number of hydrogen-bond donors (Lipinski definition) is 0. The summed E-state index contributed by atoms with van der Waals surface area (Å²) in [5.74, 6) is 1.53. The number of nitrogens with zero attached hydrogens (tertiary/aromatic N) is 4. The SMILES string of the molecule is CC(CN1CCCC1c1nncn1C)c1cccc(Cl)c1. The van der Waals surface area contributed by atoms with Crippen molar-refractivity contribution in [3.8, 4) is 0 Å². The van der Waals surface area contributed by atoms with Crippen LogP contribution < -0.4 is 0 Å². The minimum atomic E-state index is 0.388. The Labute approximate surface area is 130 Å². The van der Waals surface area contributed by atoms with E-state index >= 15 is 0 Å². The average Bonchev–Trinajstić information content (AvgIpc) is 3.07. The molecule has 1 saturated heterocycles. The van der Waals surface area contributed by atoms with Crippen LogP contribution in [-0.2, 0) is 7.05 Å². The van der Waals surface area contributed by atoms with Gasteiger partial charge in [0.15, 0.2) is 0 Å². The quantitative estimate of drug-likeness (QED) is 0.868. The molecule has 1 aliphatic heterocycles. The van der Waals surface area contributed by atoms with Crippen molar-refractivity contribution >= 4 is 11.6 Å². The maximum atomic E-state index is 6.10. The summed E-state index contributed by atoms with van der Waals surface area (Å²) in [6.45, 7) is 4.41. The number of likely N-dealkylation sites (tertiary alicyclic amines) is 1. The third-order valence-corrected chi connectivity index (χ3v) is 4.57. The van der Waals surface area contributed by atoms with Crippen LogP contribution in [0.3, 0.4) is 0 Å². The molecule has 1 aliphatic rings. The zero-order chi connectivity index (χ0) is 14.8. The van der Waals surface area contributed by atoms with Gasteiger partial charge in [0.1, 0.15) is 12.2 Å². The first-order chi connectivity index (χ1) is 10.1. The standard InChI is InChI=1S/C16H21ClN4/c1-12(13-5-3-6-14(17)9-13)10-21-8-4-7-15(21)16-19-18-11-20(16)2/h3,5-6,9,11-12,15H,4,7-8,10H2,1-2H3. The maximum absolute atomic E-state index is 6.10. The van der Waals surface area contributed by atoms with Crippen LogP contribution in [0.1, 0.15) is 43.1 Å². The second-order valence-corrected chi connectivity index (χ2v) is 6.35. The van der Waals surface area contributed by atoms with Gasteiger partial charge >= 0.3 is 0 Å². The highest BCUT2D eigenvalue weighted by atomic mass is 35.5. The van der Waals surface area contributed by atoms with Gasteiger partial charge in [0.25, 0.3) is 0 Å². The Morgan fingerprint density at radius 2 is 2.29 bits per heavy atom. The van der Waals surface area contributed by atoms with E-state index in [4.69, 9.17) is 11.6 Å². The predicted molar refractivity (Wildman–Crippen MR) is 84.4 cm³/mol. The zero-order valence-corrected chi connectivity index (χ0v) is 13.3. The Morgan fingerprint density at radius 1 is 1.43 bits per heavy atom. The molecule has 0 bridgehead atoms. The van der Waals surface area contributed by atoms with E-state index < -0.39 is 0 Å². The molecule has 0 aliphatic carbocycles.